The molecule has 0 unspecified atom stereocenters. The molecule has 0 aliphatic carbocycles. The maximum atomic E-state index is 9.57. The number of benzene rings is 10. The highest BCUT2D eigenvalue weighted by molar-refractivity contribution is 9.10. The van der Waals surface area contributed by atoms with Crippen molar-refractivity contribution in [3.05, 3.63) is 259 Å². The molecular weight excluding hydrogens is 947 g/mol. The van der Waals surface area contributed by atoms with Crippen molar-refractivity contribution in [2.24, 2.45) is 0 Å². The van der Waals surface area contributed by atoms with Crippen molar-refractivity contribution in [2.45, 2.75) is 38.9 Å². The first-order valence-electron chi connectivity index (χ1n) is 24.2. The van der Waals surface area contributed by atoms with Crippen LogP contribution in [0.4, 0.5) is 0 Å². The van der Waals surface area contributed by atoms with Crippen LogP contribution in [0.2, 0.25) is 0 Å². The quantitative estimate of drug-likeness (QED) is 0.149. The molecule has 10 aromatic carbocycles. The average Bonchev–Trinajstić information content (AvgIpc) is 3.66. The van der Waals surface area contributed by atoms with E-state index in [1.807, 2.05) is 18.2 Å². The Labute approximate surface area is 433 Å². The third-order valence-electron chi connectivity index (χ3n) is 13.3. The number of halogens is 1. The number of rotatable bonds is 8. The highest BCUT2D eigenvalue weighted by Crippen LogP contribution is 2.38. The summed E-state index contributed by atoms with van der Waals surface area (Å²) >= 11 is 3.23. The molecule has 354 valence electrons. The third-order valence-corrected chi connectivity index (χ3v) is 13.8. The lowest BCUT2D eigenvalue weighted by Crippen LogP contribution is -2.41. The van der Waals surface area contributed by atoms with Gasteiger partial charge < -0.3 is 19.5 Å². The Morgan fingerprint density at radius 3 is 0.861 bits per heavy atom. The zero-order valence-corrected chi connectivity index (χ0v) is 42.5. The standard InChI is InChI=1S/C30H29BO2.C30H22O.C6H5BrO/c1-29(2)30(3,4)33-31(32-29)28-18-10-17-27(21-28)26-16-9-15-25(20-26)24-14-8-13-23(19-24)22-11-6-5-7-12-22;31-30-17-15-23(16-18-30)25-10-5-12-27(20-25)29-14-6-13-28(21-29)26-11-4-9-24(19-26)22-7-2-1-3-8-22;7-5-1-3-6(8)4-2-5/h5-21H,1-4H3;1-21,31H;1-4,8H. The lowest BCUT2D eigenvalue weighted by molar-refractivity contribution is 0.00578. The van der Waals surface area contributed by atoms with Gasteiger partial charge in [0.2, 0.25) is 0 Å². The minimum atomic E-state index is -0.360. The van der Waals surface area contributed by atoms with Gasteiger partial charge in [0.15, 0.2) is 0 Å². The van der Waals surface area contributed by atoms with Crippen LogP contribution in [0.3, 0.4) is 0 Å². The normalized spacial score (nSPS) is 13.3. The first-order chi connectivity index (χ1) is 34.9. The zero-order valence-electron chi connectivity index (χ0n) is 40.9. The summed E-state index contributed by atoms with van der Waals surface area (Å²) in [5.74, 6) is 0.582. The fraction of sp³-hybridized carbons (Fsp3) is 0.0909. The molecule has 0 saturated carbocycles. The summed E-state index contributed by atoms with van der Waals surface area (Å²) in [5.41, 5.74) is 17.0. The van der Waals surface area contributed by atoms with Gasteiger partial charge in [0.05, 0.1) is 11.2 Å². The van der Waals surface area contributed by atoms with E-state index in [2.05, 4.69) is 244 Å². The van der Waals surface area contributed by atoms with Crippen LogP contribution in [0.1, 0.15) is 27.7 Å². The summed E-state index contributed by atoms with van der Waals surface area (Å²) < 4.78 is 13.5. The van der Waals surface area contributed by atoms with E-state index >= 15 is 0 Å². The molecule has 1 aliphatic heterocycles. The third kappa shape index (κ3) is 12.0. The van der Waals surface area contributed by atoms with Gasteiger partial charge in [-0.15, -0.1) is 0 Å². The van der Waals surface area contributed by atoms with Crippen LogP contribution in [-0.2, 0) is 9.31 Å². The van der Waals surface area contributed by atoms with Crippen molar-refractivity contribution in [3.63, 3.8) is 0 Å². The molecule has 4 nitrogen and oxygen atoms in total. The van der Waals surface area contributed by atoms with Crippen LogP contribution in [0.5, 0.6) is 11.5 Å². The van der Waals surface area contributed by atoms with E-state index in [0.29, 0.717) is 5.75 Å². The van der Waals surface area contributed by atoms with Crippen LogP contribution in [0, 0.1) is 0 Å². The van der Waals surface area contributed by atoms with Gasteiger partial charge in [0.25, 0.3) is 0 Å². The van der Waals surface area contributed by atoms with Gasteiger partial charge in [-0.2, -0.15) is 0 Å². The Morgan fingerprint density at radius 2 is 0.542 bits per heavy atom. The predicted molar refractivity (Wildman–Crippen MR) is 304 cm³/mol. The second-order valence-electron chi connectivity index (χ2n) is 18.9. The van der Waals surface area contributed by atoms with Gasteiger partial charge in [0.1, 0.15) is 11.5 Å². The molecule has 2 N–H and O–H groups in total. The van der Waals surface area contributed by atoms with Crippen LogP contribution in [0.15, 0.2) is 259 Å². The van der Waals surface area contributed by atoms with E-state index in [4.69, 9.17) is 14.4 Å². The van der Waals surface area contributed by atoms with Crippen molar-refractivity contribution < 1.29 is 19.5 Å². The van der Waals surface area contributed by atoms with Crippen LogP contribution < -0.4 is 5.46 Å². The molecule has 1 aliphatic rings. The largest absolute Gasteiger partial charge is 0.508 e. The molecule has 72 heavy (non-hydrogen) atoms. The first-order valence-corrected chi connectivity index (χ1v) is 25.0. The maximum absolute atomic E-state index is 9.57. The molecule has 0 bridgehead atoms. The Balaban J connectivity index is 0.000000154. The molecule has 1 saturated heterocycles. The van der Waals surface area contributed by atoms with Gasteiger partial charge in [-0.25, -0.2) is 0 Å². The minimum Gasteiger partial charge on any atom is -0.508 e. The van der Waals surface area contributed by atoms with Crippen molar-refractivity contribution >= 4 is 28.5 Å². The Kier molecular flexibility index (Phi) is 15.1. The molecule has 1 fully saturated rings. The van der Waals surface area contributed by atoms with Gasteiger partial charge in [0, 0.05) is 4.47 Å². The summed E-state index contributed by atoms with van der Waals surface area (Å²) in [5, 5.41) is 18.3. The number of aromatic hydroxyl groups is 2. The Morgan fingerprint density at radius 1 is 0.292 bits per heavy atom. The van der Waals surface area contributed by atoms with E-state index in [1.54, 1.807) is 36.4 Å². The van der Waals surface area contributed by atoms with Crippen molar-refractivity contribution in [1.82, 2.24) is 0 Å². The molecular formula is C66H56BBrO4. The van der Waals surface area contributed by atoms with Crippen LogP contribution in [-0.4, -0.2) is 28.5 Å². The highest BCUT2D eigenvalue weighted by Gasteiger charge is 2.51. The summed E-state index contributed by atoms with van der Waals surface area (Å²) in [4.78, 5) is 0. The summed E-state index contributed by atoms with van der Waals surface area (Å²) in [6, 6.07) is 87.0. The summed E-state index contributed by atoms with van der Waals surface area (Å²) in [7, 11) is -0.360. The maximum Gasteiger partial charge on any atom is 0.494 e. The molecule has 6 heteroatoms. The average molecular weight is 1000 g/mol. The topological polar surface area (TPSA) is 58.9 Å². The molecule has 11 rings (SSSR count). The van der Waals surface area contributed by atoms with Gasteiger partial charge in [-0.05, 0) is 178 Å². The van der Waals surface area contributed by atoms with Crippen molar-refractivity contribution in [1.29, 1.82) is 0 Å². The molecule has 0 radical (unpaired) electrons. The number of hydrogen-bond acceptors (Lipinski definition) is 4. The number of phenols is 2. The second kappa shape index (κ2) is 22.1. The van der Waals surface area contributed by atoms with Crippen LogP contribution >= 0.6 is 15.9 Å². The molecule has 1 heterocycles. The van der Waals surface area contributed by atoms with Crippen molar-refractivity contribution in [3.8, 4) is 89.4 Å². The highest BCUT2D eigenvalue weighted by atomic mass is 79.9. The lowest BCUT2D eigenvalue weighted by atomic mass is 9.78. The SMILES string of the molecule is CC1(C)OB(c2cccc(-c3cccc(-c4cccc(-c5ccccc5)c4)c3)c2)OC1(C)C.Oc1ccc(-c2cccc(-c3cccc(-c4cccc(-c5ccccc5)c4)c3)c2)cc1.Oc1ccc(Br)cc1. The molecule has 0 atom stereocenters. The summed E-state index contributed by atoms with van der Waals surface area (Å²) in [6.45, 7) is 8.35. The molecule has 0 spiro atoms. The number of phenolic OH excluding ortho intramolecular Hbond substituents is 2. The van der Waals surface area contributed by atoms with E-state index in [-0.39, 0.29) is 24.1 Å². The Bertz CT molecular complexity index is 3350. The molecule has 0 aromatic heterocycles. The lowest BCUT2D eigenvalue weighted by Gasteiger charge is -2.32. The van der Waals surface area contributed by atoms with E-state index in [0.717, 1.165) is 26.6 Å². The van der Waals surface area contributed by atoms with E-state index in [9.17, 15) is 5.11 Å². The van der Waals surface area contributed by atoms with E-state index in [1.165, 1.54) is 61.2 Å². The monoisotopic (exact) mass is 1000 g/mol. The smallest absolute Gasteiger partial charge is 0.494 e. The molecule has 0 amide bonds. The fourth-order valence-electron chi connectivity index (χ4n) is 8.59. The van der Waals surface area contributed by atoms with E-state index < -0.39 is 0 Å². The number of hydrogen-bond donors (Lipinski definition) is 2. The second-order valence-corrected chi connectivity index (χ2v) is 19.8. The zero-order chi connectivity index (χ0) is 50.1. The minimum absolute atomic E-state index is 0.283. The first kappa shape index (κ1) is 49.3. The van der Waals surface area contributed by atoms with Gasteiger partial charge >= 0.3 is 7.12 Å². The predicted octanol–water partition coefficient (Wildman–Crippen LogP) is 17.2. The van der Waals surface area contributed by atoms with Gasteiger partial charge in [-0.1, -0.05) is 204 Å². The fourth-order valence-corrected chi connectivity index (χ4v) is 8.86. The van der Waals surface area contributed by atoms with Crippen molar-refractivity contribution in [2.75, 3.05) is 0 Å². The Hall–Kier alpha value is -7.74. The van der Waals surface area contributed by atoms with Crippen LogP contribution in [0.25, 0.3) is 77.9 Å². The molecule has 10 aromatic rings. The summed E-state index contributed by atoms with van der Waals surface area (Å²) in [6.07, 6.45) is 0. The van der Waals surface area contributed by atoms with Gasteiger partial charge in [-0.3, -0.25) is 0 Å².